The first-order chi connectivity index (χ1) is 14.8. The van der Waals surface area contributed by atoms with Crippen LogP contribution in [-0.4, -0.2) is 49.9 Å². The zero-order valence-corrected chi connectivity index (χ0v) is 22.9. The minimum Gasteiger partial charge on any atom is -0.493 e. The van der Waals surface area contributed by atoms with Crippen LogP contribution in [0.4, 0.5) is 10.5 Å². The Morgan fingerprint density at radius 1 is 1.12 bits per heavy atom. The van der Waals surface area contributed by atoms with Gasteiger partial charge in [-0.2, -0.15) is 0 Å². The second-order valence-corrected chi connectivity index (χ2v) is 10.6. The summed E-state index contributed by atoms with van der Waals surface area (Å²) in [7, 11) is 1.69. The number of halogens is 1. The van der Waals surface area contributed by atoms with Gasteiger partial charge in [-0.25, -0.2) is 4.79 Å². The number of methoxy groups -OCH3 is 1. The Hall–Kier alpha value is -0.950. The molecular formula is C24H42IN2O4P. The average Bonchev–Trinajstić information content (AvgIpc) is 2.72. The summed E-state index contributed by atoms with van der Waals surface area (Å²) in [6.45, 7) is 13.9. The van der Waals surface area contributed by atoms with Gasteiger partial charge in [0.15, 0.2) is 11.5 Å². The number of rotatable bonds is 6. The number of benzene rings is 1. The molecule has 3 rings (SSSR count). The first-order valence-corrected chi connectivity index (χ1v) is 15.2. The van der Waals surface area contributed by atoms with Crippen LogP contribution in [0, 0.1) is 11.8 Å². The normalized spacial score (nSPS) is 17.2. The van der Waals surface area contributed by atoms with Crippen molar-refractivity contribution < 1.29 is 18.8 Å². The number of hydrogen-bond acceptors (Lipinski definition) is 5. The third-order valence-electron chi connectivity index (χ3n) is 5.55. The lowest BCUT2D eigenvalue weighted by molar-refractivity contribution is 0.0174. The summed E-state index contributed by atoms with van der Waals surface area (Å²) >= 11 is 2.21. The molecule has 0 radical (unpaired) electrons. The Balaban J connectivity index is 0.00000166. The van der Waals surface area contributed by atoms with Crippen molar-refractivity contribution in [3.63, 3.8) is 0 Å². The Morgan fingerprint density at radius 2 is 1.75 bits per heavy atom. The third kappa shape index (κ3) is 8.44. The van der Waals surface area contributed by atoms with Gasteiger partial charge in [0, 0.05) is 37.9 Å². The van der Waals surface area contributed by atoms with Gasteiger partial charge in [-0.3, -0.25) is 0 Å². The van der Waals surface area contributed by atoms with Crippen LogP contribution in [0.2, 0.25) is 0 Å². The molecule has 0 bridgehead atoms. The number of likely N-dealkylation sites (tertiary alicyclic amines) is 1. The first-order valence-electron chi connectivity index (χ1n) is 11.2. The van der Waals surface area contributed by atoms with Gasteiger partial charge in [-0.15, -0.1) is 0 Å². The molecule has 2 heterocycles. The number of piperidine rings is 1. The molecule has 1 unspecified atom stereocenters. The molecule has 32 heavy (non-hydrogen) atoms. The molecule has 6 nitrogen and oxygen atoms in total. The summed E-state index contributed by atoms with van der Waals surface area (Å²) in [5.41, 5.74) is 0.773. The van der Waals surface area contributed by atoms with Crippen molar-refractivity contribution in [2.75, 3.05) is 38.2 Å². The van der Waals surface area contributed by atoms with E-state index in [1.54, 1.807) is 7.11 Å². The van der Waals surface area contributed by atoms with Crippen molar-refractivity contribution in [3.8, 4) is 11.5 Å². The molecule has 2 saturated heterocycles. The highest BCUT2D eigenvalue weighted by molar-refractivity contribution is 14.2. The standard InChI is InChI=1S/C21H32IN2O4P.C2H6.CH4/c1-21(2,3)27-20(25)23-9-7-15(8-10-23)11-16-13-24(14-16)17-5-6-18(28-29-22)19(12-17)26-4;1-2;/h5-6,12,15-16,29H,7-11,13-14H2,1-4H3;1-2H3;1H4. The number of anilines is 1. The fraction of sp³-hybridized carbons (Fsp3) is 0.708. The largest absolute Gasteiger partial charge is 0.493 e. The number of ether oxygens (including phenoxy) is 2. The van der Waals surface area contributed by atoms with Gasteiger partial charge in [-0.05, 0) is 86.0 Å². The van der Waals surface area contributed by atoms with Crippen molar-refractivity contribution in [3.05, 3.63) is 18.2 Å². The quantitative estimate of drug-likeness (QED) is 0.264. The molecule has 184 valence electrons. The zero-order chi connectivity index (χ0) is 23.0. The number of carbonyl (C=O) groups is 1. The first kappa shape index (κ1) is 29.1. The molecule has 0 saturated carbocycles. The fourth-order valence-electron chi connectivity index (χ4n) is 4.06. The van der Waals surface area contributed by atoms with E-state index >= 15 is 0 Å². The Labute approximate surface area is 210 Å². The maximum absolute atomic E-state index is 12.2. The smallest absolute Gasteiger partial charge is 0.410 e. The van der Waals surface area contributed by atoms with E-state index < -0.39 is 5.60 Å². The third-order valence-corrected chi connectivity index (χ3v) is 6.51. The molecule has 8 heteroatoms. The van der Waals surface area contributed by atoms with Gasteiger partial charge in [0.2, 0.25) is 0 Å². The fourth-order valence-corrected chi connectivity index (χ4v) is 5.02. The summed E-state index contributed by atoms with van der Waals surface area (Å²) in [6, 6.07) is 6.19. The highest BCUT2D eigenvalue weighted by Crippen LogP contribution is 2.39. The highest BCUT2D eigenvalue weighted by Gasteiger charge is 2.32. The van der Waals surface area contributed by atoms with Gasteiger partial charge < -0.3 is 23.8 Å². The molecule has 1 atom stereocenters. The summed E-state index contributed by atoms with van der Waals surface area (Å²) in [5.74, 6) is 3.03. The molecule has 2 aliphatic heterocycles. The minimum atomic E-state index is -0.424. The number of hydrogen-bond donors (Lipinski definition) is 0. The van der Waals surface area contributed by atoms with Crippen molar-refractivity contribution in [1.82, 2.24) is 4.90 Å². The second-order valence-electron chi connectivity index (χ2n) is 8.93. The van der Waals surface area contributed by atoms with E-state index in [0.717, 1.165) is 56.4 Å². The lowest BCUT2D eigenvalue weighted by Gasteiger charge is -2.43. The molecule has 0 aliphatic carbocycles. The topological polar surface area (TPSA) is 51.2 Å². The maximum Gasteiger partial charge on any atom is 0.410 e. The Morgan fingerprint density at radius 3 is 2.28 bits per heavy atom. The van der Waals surface area contributed by atoms with Crippen LogP contribution in [0.3, 0.4) is 0 Å². The molecule has 1 aromatic carbocycles. The summed E-state index contributed by atoms with van der Waals surface area (Å²) in [5, 5.41) is 0. The zero-order valence-electron chi connectivity index (χ0n) is 19.7. The molecule has 0 aromatic heterocycles. The van der Waals surface area contributed by atoms with Crippen LogP contribution in [-0.2, 0) is 4.74 Å². The van der Waals surface area contributed by atoms with Crippen LogP contribution in [0.25, 0.3) is 0 Å². The maximum atomic E-state index is 12.2. The lowest BCUT2D eigenvalue weighted by Crippen LogP contribution is -2.48. The molecule has 2 fully saturated rings. The molecule has 1 aromatic rings. The Kier molecular flexibility index (Phi) is 12.4. The van der Waals surface area contributed by atoms with Crippen molar-refractivity contribution >= 4 is 40.3 Å². The monoisotopic (exact) mass is 580 g/mol. The van der Waals surface area contributed by atoms with Gasteiger partial charge in [0.05, 0.1) is 7.11 Å². The van der Waals surface area contributed by atoms with E-state index in [-0.39, 0.29) is 13.5 Å². The predicted molar refractivity (Wildman–Crippen MR) is 145 cm³/mol. The van der Waals surface area contributed by atoms with Gasteiger partial charge in [0.1, 0.15) is 12.1 Å². The van der Waals surface area contributed by atoms with E-state index in [1.165, 1.54) is 12.1 Å². The predicted octanol–water partition coefficient (Wildman–Crippen LogP) is 7.15. The summed E-state index contributed by atoms with van der Waals surface area (Å²) in [6.07, 6.45) is 3.22. The van der Waals surface area contributed by atoms with Crippen LogP contribution >= 0.6 is 28.5 Å². The molecular weight excluding hydrogens is 538 g/mol. The van der Waals surface area contributed by atoms with Crippen LogP contribution in [0.15, 0.2) is 18.2 Å². The Bertz CT molecular complexity index is 700. The average molecular weight is 580 g/mol. The number of nitrogens with zero attached hydrogens (tertiary/aromatic N) is 2. The van der Waals surface area contributed by atoms with Crippen molar-refractivity contribution in [2.24, 2.45) is 11.8 Å². The highest BCUT2D eigenvalue weighted by atomic mass is 127. The molecule has 0 spiro atoms. The van der Waals surface area contributed by atoms with Gasteiger partial charge in [-0.1, -0.05) is 21.3 Å². The van der Waals surface area contributed by atoms with Crippen LogP contribution in [0.1, 0.15) is 61.3 Å². The summed E-state index contributed by atoms with van der Waals surface area (Å²) < 4.78 is 16.6. The number of amides is 1. The molecule has 0 N–H and O–H groups in total. The van der Waals surface area contributed by atoms with E-state index in [4.69, 9.17) is 14.0 Å². The van der Waals surface area contributed by atoms with Crippen molar-refractivity contribution in [1.29, 1.82) is 0 Å². The minimum absolute atomic E-state index is 0. The van der Waals surface area contributed by atoms with Gasteiger partial charge in [0.25, 0.3) is 0 Å². The van der Waals surface area contributed by atoms with E-state index in [2.05, 4.69) is 39.1 Å². The molecule has 1 amide bonds. The van der Waals surface area contributed by atoms with E-state index in [0.29, 0.717) is 12.4 Å². The SMILES string of the molecule is C.CC.COc1cc(N2CC(CC3CCN(C(=O)OC(C)(C)C)CC3)C2)ccc1OPI. The van der Waals surface area contributed by atoms with E-state index in [9.17, 15) is 4.79 Å². The lowest BCUT2D eigenvalue weighted by atomic mass is 9.83. The van der Waals surface area contributed by atoms with Crippen LogP contribution < -0.4 is 14.2 Å². The molecule has 2 aliphatic rings. The van der Waals surface area contributed by atoms with Crippen LogP contribution in [0.5, 0.6) is 11.5 Å². The van der Waals surface area contributed by atoms with E-state index in [1.807, 2.05) is 45.6 Å². The second kappa shape index (κ2) is 13.7. The number of carbonyl (C=O) groups excluding carboxylic acids is 1. The summed E-state index contributed by atoms with van der Waals surface area (Å²) in [4.78, 5) is 16.5. The van der Waals surface area contributed by atoms with Gasteiger partial charge >= 0.3 is 6.09 Å². The van der Waals surface area contributed by atoms with Crippen molar-refractivity contribution in [2.45, 2.75) is 66.9 Å².